The topological polar surface area (TPSA) is 80.9 Å². The van der Waals surface area contributed by atoms with Crippen LogP contribution in [-0.4, -0.2) is 31.3 Å². The number of nitrogens with zero attached hydrogens (tertiary/aromatic N) is 4. The third-order valence-corrected chi connectivity index (χ3v) is 3.87. The summed E-state index contributed by atoms with van der Waals surface area (Å²) in [5.41, 5.74) is 0.310. The molecule has 1 N–H and O–H groups in total. The van der Waals surface area contributed by atoms with Crippen molar-refractivity contribution in [2.75, 3.05) is 0 Å². The molecule has 7 heteroatoms. The third-order valence-electron chi connectivity index (χ3n) is 2.80. The van der Waals surface area contributed by atoms with E-state index in [9.17, 15) is 4.79 Å². The Morgan fingerprint density at radius 2 is 2.20 bits per heavy atom. The smallest absolute Gasteiger partial charge is 0.336 e. The van der Waals surface area contributed by atoms with Gasteiger partial charge >= 0.3 is 5.97 Å². The Balaban J connectivity index is 2.06. The molecule has 0 saturated heterocycles. The van der Waals surface area contributed by atoms with Crippen LogP contribution in [0.25, 0.3) is 0 Å². The molecule has 2 aromatic rings. The number of hydrogen-bond acceptors (Lipinski definition) is 5. The van der Waals surface area contributed by atoms with E-state index in [0.717, 1.165) is 30.1 Å². The second-order valence-corrected chi connectivity index (χ2v) is 5.28. The van der Waals surface area contributed by atoms with Crippen LogP contribution in [0.2, 0.25) is 0 Å². The number of carboxylic acids is 1. The highest BCUT2D eigenvalue weighted by Crippen LogP contribution is 2.25. The summed E-state index contributed by atoms with van der Waals surface area (Å²) >= 11 is 1.44. The minimum atomic E-state index is -0.918. The summed E-state index contributed by atoms with van der Waals surface area (Å²) in [6, 6.07) is 6.95. The number of thioether (sulfide) groups is 1. The number of carboxylic acid groups (broad SMARTS) is 1. The lowest BCUT2D eigenvalue weighted by atomic mass is 10.2. The molecular weight excluding hydrogens is 276 g/mol. The van der Waals surface area contributed by atoms with Gasteiger partial charge in [-0.3, -0.25) is 0 Å². The van der Waals surface area contributed by atoms with E-state index in [0.29, 0.717) is 11.3 Å². The van der Waals surface area contributed by atoms with Gasteiger partial charge in [-0.05, 0) is 29.0 Å². The van der Waals surface area contributed by atoms with Crippen LogP contribution in [0.1, 0.15) is 35.9 Å². The first-order valence-corrected chi connectivity index (χ1v) is 7.41. The van der Waals surface area contributed by atoms with E-state index in [1.807, 2.05) is 6.07 Å². The van der Waals surface area contributed by atoms with E-state index in [2.05, 4.69) is 22.4 Å². The van der Waals surface area contributed by atoms with Crippen molar-refractivity contribution in [3.8, 4) is 0 Å². The molecule has 0 radical (unpaired) electrons. The summed E-state index contributed by atoms with van der Waals surface area (Å²) in [5, 5.41) is 20.8. The van der Waals surface area contributed by atoms with E-state index in [4.69, 9.17) is 5.11 Å². The maximum Gasteiger partial charge on any atom is 0.336 e. The van der Waals surface area contributed by atoms with E-state index >= 15 is 0 Å². The summed E-state index contributed by atoms with van der Waals surface area (Å²) in [6.45, 7) is 2.90. The zero-order valence-electron chi connectivity index (χ0n) is 11.2. The molecule has 20 heavy (non-hydrogen) atoms. The zero-order valence-corrected chi connectivity index (χ0v) is 12.0. The Bertz CT molecular complexity index is 585. The highest BCUT2D eigenvalue weighted by atomic mass is 32.2. The maximum atomic E-state index is 11.1. The Kier molecular flexibility index (Phi) is 5.11. The fourth-order valence-corrected chi connectivity index (χ4v) is 2.70. The molecule has 1 aromatic heterocycles. The highest BCUT2D eigenvalue weighted by Gasteiger charge is 2.12. The maximum absolute atomic E-state index is 11.1. The van der Waals surface area contributed by atoms with Crippen LogP contribution in [0.5, 0.6) is 0 Å². The van der Waals surface area contributed by atoms with Gasteiger partial charge in [0.2, 0.25) is 0 Å². The summed E-state index contributed by atoms with van der Waals surface area (Å²) in [4.78, 5) is 11.9. The molecule has 2 rings (SSSR count). The molecule has 0 bridgehead atoms. The second kappa shape index (κ2) is 7.04. The Labute approximate surface area is 121 Å². The van der Waals surface area contributed by atoms with Gasteiger partial charge in [-0.15, -0.1) is 16.9 Å². The fourth-order valence-electron chi connectivity index (χ4n) is 1.72. The van der Waals surface area contributed by atoms with Crippen LogP contribution in [0.4, 0.5) is 0 Å². The predicted molar refractivity (Wildman–Crippen MR) is 75.7 cm³/mol. The molecule has 0 atom stereocenters. The van der Waals surface area contributed by atoms with Gasteiger partial charge in [-0.2, -0.15) is 0 Å². The van der Waals surface area contributed by atoms with Gasteiger partial charge in [0.1, 0.15) is 0 Å². The standard InChI is InChI=1S/C13H16N4O2S/c1-2-3-8-17-12(14-15-16-17)9-20-11-7-5-4-6-10(11)13(18)19/h4-7H,2-3,8-9H2,1H3,(H,18,19). The van der Waals surface area contributed by atoms with Crippen molar-refractivity contribution in [2.24, 2.45) is 0 Å². The van der Waals surface area contributed by atoms with E-state index in [-0.39, 0.29) is 0 Å². The van der Waals surface area contributed by atoms with Gasteiger partial charge < -0.3 is 5.11 Å². The van der Waals surface area contributed by atoms with Gasteiger partial charge in [-0.25, -0.2) is 9.48 Å². The lowest BCUT2D eigenvalue weighted by Gasteiger charge is -2.06. The minimum Gasteiger partial charge on any atom is -0.478 e. The van der Waals surface area contributed by atoms with Crippen LogP contribution in [0.3, 0.4) is 0 Å². The predicted octanol–water partition coefficient (Wildman–Crippen LogP) is 2.46. The number of carbonyl (C=O) groups is 1. The van der Waals surface area contributed by atoms with Gasteiger partial charge in [-0.1, -0.05) is 25.5 Å². The minimum absolute atomic E-state index is 0.310. The Morgan fingerprint density at radius 1 is 1.40 bits per heavy atom. The average molecular weight is 292 g/mol. The summed E-state index contributed by atoms with van der Waals surface area (Å²) in [7, 11) is 0. The number of aromatic carboxylic acids is 1. The molecule has 0 aliphatic rings. The monoisotopic (exact) mass is 292 g/mol. The number of unbranched alkanes of at least 4 members (excludes halogenated alkanes) is 1. The van der Waals surface area contributed by atoms with E-state index in [1.165, 1.54) is 11.8 Å². The molecule has 0 fully saturated rings. The van der Waals surface area contributed by atoms with Gasteiger partial charge in [0.25, 0.3) is 0 Å². The number of tetrazole rings is 1. The quantitative estimate of drug-likeness (QED) is 0.789. The van der Waals surface area contributed by atoms with Crippen LogP contribution in [-0.2, 0) is 12.3 Å². The van der Waals surface area contributed by atoms with Crippen molar-refractivity contribution in [1.82, 2.24) is 20.2 Å². The molecular formula is C13H16N4O2S. The lowest BCUT2D eigenvalue weighted by molar-refractivity contribution is 0.0693. The zero-order chi connectivity index (χ0) is 14.4. The number of rotatable bonds is 7. The summed E-state index contributed by atoms with van der Waals surface area (Å²) in [6.07, 6.45) is 2.10. The second-order valence-electron chi connectivity index (χ2n) is 4.26. The van der Waals surface area contributed by atoms with Gasteiger partial charge in [0.15, 0.2) is 5.82 Å². The van der Waals surface area contributed by atoms with Crippen molar-refractivity contribution in [3.63, 3.8) is 0 Å². The van der Waals surface area contributed by atoms with Crippen LogP contribution >= 0.6 is 11.8 Å². The molecule has 6 nitrogen and oxygen atoms in total. The van der Waals surface area contributed by atoms with Crippen molar-refractivity contribution in [3.05, 3.63) is 35.7 Å². The first-order valence-electron chi connectivity index (χ1n) is 6.42. The molecule has 106 valence electrons. The first kappa shape index (κ1) is 14.5. The fraction of sp³-hybridized carbons (Fsp3) is 0.385. The van der Waals surface area contributed by atoms with Gasteiger partial charge in [0, 0.05) is 11.4 Å². The van der Waals surface area contributed by atoms with Crippen molar-refractivity contribution >= 4 is 17.7 Å². The molecule has 0 amide bonds. The number of aryl methyl sites for hydroxylation is 1. The molecule has 0 aliphatic carbocycles. The van der Waals surface area contributed by atoms with Crippen molar-refractivity contribution < 1.29 is 9.90 Å². The number of hydrogen-bond donors (Lipinski definition) is 1. The van der Waals surface area contributed by atoms with Crippen LogP contribution < -0.4 is 0 Å². The SMILES string of the molecule is CCCCn1nnnc1CSc1ccccc1C(=O)O. The molecule has 0 aliphatic heterocycles. The molecule has 1 aromatic carbocycles. The summed E-state index contributed by atoms with van der Waals surface area (Å²) in [5.74, 6) is 0.406. The largest absolute Gasteiger partial charge is 0.478 e. The molecule has 0 saturated carbocycles. The average Bonchev–Trinajstić information content (AvgIpc) is 2.90. The van der Waals surface area contributed by atoms with Gasteiger partial charge in [0.05, 0.1) is 11.3 Å². The molecule has 0 spiro atoms. The number of benzene rings is 1. The van der Waals surface area contributed by atoms with Crippen molar-refractivity contribution in [2.45, 2.75) is 37.0 Å². The highest BCUT2D eigenvalue weighted by molar-refractivity contribution is 7.98. The number of aromatic nitrogens is 4. The Morgan fingerprint density at radius 3 is 2.95 bits per heavy atom. The summed E-state index contributed by atoms with van der Waals surface area (Å²) < 4.78 is 1.78. The molecule has 1 heterocycles. The third kappa shape index (κ3) is 3.57. The Hall–Kier alpha value is -1.89. The normalized spacial score (nSPS) is 10.7. The van der Waals surface area contributed by atoms with E-state index in [1.54, 1.807) is 22.9 Å². The molecule has 0 unspecified atom stereocenters. The first-order chi connectivity index (χ1) is 9.72. The van der Waals surface area contributed by atoms with E-state index < -0.39 is 5.97 Å². The van der Waals surface area contributed by atoms with Crippen molar-refractivity contribution in [1.29, 1.82) is 0 Å². The lowest BCUT2D eigenvalue weighted by Crippen LogP contribution is -2.05. The van der Waals surface area contributed by atoms with Crippen LogP contribution in [0.15, 0.2) is 29.2 Å². The van der Waals surface area contributed by atoms with Crippen LogP contribution in [0, 0.1) is 0 Å².